The molecule has 0 saturated carbocycles. The molecule has 20 heavy (non-hydrogen) atoms. The highest BCUT2D eigenvalue weighted by Gasteiger charge is 2.03. The van der Waals surface area contributed by atoms with Crippen LogP contribution >= 0.6 is 15.9 Å². The van der Waals surface area contributed by atoms with Crippen LogP contribution in [0.5, 0.6) is 5.75 Å². The van der Waals surface area contributed by atoms with E-state index < -0.39 is 0 Å². The Morgan fingerprint density at radius 3 is 2.95 bits per heavy atom. The normalized spacial score (nSPS) is 10.8. The Morgan fingerprint density at radius 2 is 2.10 bits per heavy atom. The lowest BCUT2D eigenvalue weighted by Gasteiger charge is -2.07. The summed E-state index contributed by atoms with van der Waals surface area (Å²) in [6.07, 6.45) is 1.84. The number of rotatable bonds is 4. The third-order valence-corrected chi connectivity index (χ3v) is 3.53. The summed E-state index contributed by atoms with van der Waals surface area (Å²) in [6, 6.07) is 13.6. The Labute approximate surface area is 125 Å². The monoisotopic (exact) mass is 331 g/mol. The molecule has 0 fully saturated rings. The van der Waals surface area contributed by atoms with Crippen LogP contribution in [0.4, 0.5) is 5.69 Å². The van der Waals surface area contributed by atoms with Gasteiger partial charge in [-0.05, 0) is 36.4 Å². The quantitative estimate of drug-likeness (QED) is 0.745. The molecule has 0 amide bonds. The van der Waals surface area contributed by atoms with Gasteiger partial charge in [-0.2, -0.15) is 5.10 Å². The van der Waals surface area contributed by atoms with Crippen LogP contribution in [-0.4, -0.2) is 16.4 Å². The third-order valence-electron chi connectivity index (χ3n) is 3.04. The van der Waals surface area contributed by atoms with Crippen LogP contribution in [-0.2, 0) is 6.54 Å². The summed E-state index contributed by atoms with van der Waals surface area (Å²) in [6.45, 7) is 1.24. The van der Waals surface area contributed by atoms with Gasteiger partial charge in [-0.1, -0.05) is 22.0 Å². The fourth-order valence-electron chi connectivity index (χ4n) is 2.07. The van der Waals surface area contributed by atoms with Crippen molar-refractivity contribution in [2.45, 2.75) is 6.54 Å². The summed E-state index contributed by atoms with van der Waals surface area (Å²) in [5.74, 6) is 0.843. The van der Waals surface area contributed by atoms with Crippen molar-refractivity contribution in [3.05, 3.63) is 53.1 Å². The van der Waals surface area contributed by atoms with Crippen molar-refractivity contribution in [2.75, 3.05) is 12.3 Å². The van der Waals surface area contributed by atoms with Gasteiger partial charge in [0.25, 0.3) is 0 Å². The van der Waals surface area contributed by atoms with Crippen molar-refractivity contribution >= 4 is 32.5 Å². The van der Waals surface area contributed by atoms with Crippen molar-refractivity contribution in [1.82, 2.24) is 9.78 Å². The van der Waals surface area contributed by atoms with E-state index in [4.69, 9.17) is 10.5 Å². The van der Waals surface area contributed by atoms with Gasteiger partial charge in [0.05, 0.1) is 18.3 Å². The maximum Gasteiger partial charge on any atom is 0.120 e. The van der Waals surface area contributed by atoms with Gasteiger partial charge in [0.1, 0.15) is 12.4 Å². The molecule has 0 radical (unpaired) electrons. The van der Waals surface area contributed by atoms with Crippen LogP contribution in [0, 0.1) is 0 Å². The Hall–Kier alpha value is -2.01. The molecule has 0 unspecified atom stereocenters. The Balaban J connectivity index is 1.69. The number of nitrogen functional groups attached to an aromatic ring is 1. The topological polar surface area (TPSA) is 53.1 Å². The molecule has 0 aliphatic carbocycles. The van der Waals surface area contributed by atoms with Gasteiger partial charge in [-0.25, -0.2) is 0 Å². The Morgan fingerprint density at radius 1 is 1.20 bits per heavy atom. The molecule has 0 saturated heterocycles. The van der Waals surface area contributed by atoms with E-state index in [2.05, 4.69) is 21.0 Å². The van der Waals surface area contributed by atoms with Gasteiger partial charge in [-0.15, -0.1) is 0 Å². The number of benzene rings is 2. The third kappa shape index (κ3) is 2.77. The average Bonchev–Trinajstić information content (AvgIpc) is 2.82. The van der Waals surface area contributed by atoms with E-state index in [0.717, 1.165) is 26.8 Å². The van der Waals surface area contributed by atoms with Gasteiger partial charge in [0.2, 0.25) is 0 Å². The molecule has 3 aromatic rings. The SMILES string of the molecule is Nc1ccc2cnn(CCOc3cccc(Br)c3)c2c1. The second-order valence-corrected chi connectivity index (χ2v) is 5.41. The molecular formula is C15H14BrN3O. The van der Waals surface area contributed by atoms with Gasteiger partial charge in [0.15, 0.2) is 0 Å². The summed E-state index contributed by atoms with van der Waals surface area (Å²) < 4.78 is 8.63. The maximum atomic E-state index is 5.81. The van der Waals surface area contributed by atoms with Crippen LogP contribution in [0.1, 0.15) is 0 Å². The van der Waals surface area contributed by atoms with E-state index in [1.54, 1.807) is 0 Å². The minimum atomic E-state index is 0.558. The number of nitrogens with two attached hydrogens (primary N) is 1. The van der Waals surface area contributed by atoms with E-state index in [-0.39, 0.29) is 0 Å². The predicted octanol–water partition coefficient (Wildman–Crippen LogP) is 3.46. The molecule has 1 aromatic heterocycles. The molecule has 0 bridgehead atoms. The summed E-state index contributed by atoms with van der Waals surface area (Å²) >= 11 is 3.42. The van der Waals surface area contributed by atoms with Crippen molar-refractivity contribution < 1.29 is 4.74 Å². The van der Waals surface area contributed by atoms with E-state index in [1.807, 2.05) is 53.3 Å². The highest BCUT2D eigenvalue weighted by Crippen LogP contribution is 2.19. The first kappa shape index (κ1) is 13.0. The summed E-state index contributed by atoms with van der Waals surface area (Å²) in [5.41, 5.74) is 7.58. The number of anilines is 1. The molecule has 102 valence electrons. The second kappa shape index (κ2) is 5.54. The zero-order valence-corrected chi connectivity index (χ0v) is 12.4. The molecule has 2 N–H and O–H groups in total. The van der Waals surface area contributed by atoms with E-state index in [9.17, 15) is 0 Å². The zero-order valence-electron chi connectivity index (χ0n) is 10.8. The lowest BCUT2D eigenvalue weighted by molar-refractivity contribution is 0.293. The van der Waals surface area contributed by atoms with Gasteiger partial charge in [0, 0.05) is 15.5 Å². The van der Waals surface area contributed by atoms with E-state index in [1.165, 1.54) is 0 Å². The molecule has 0 aliphatic rings. The number of aromatic nitrogens is 2. The van der Waals surface area contributed by atoms with Gasteiger partial charge >= 0.3 is 0 Å². The van der Waals surface area contributed by atoms with E-state index in [0.29, 0.717) is 13.2 Å². The smallest absolute Gasteiger partial charge is 0.120 e. The van der Waals surface area contributed by atoms with Gasteiger partial charge < -0.3 is 10.5 Å². The molecule has 0 atom stereocenters. The second-order valence-electron chi connectivity index (χ2n) is 4.49. The van der Waals surface area contributed by atoms with E-state index >= 15 is 0 Å². The molecular weight excluding hydrogens is 318 g/mol. The summed E-state index contributed by atoms with van der Waals surface area (Å²) in [7, 11) is 0. The summed E-state index contributed by atoms with van der Waals surface area (Å²) in [5, 5.41) is 5.44. The largest absolute Gasteiger partial charge is 0.492 e. The molecule has 1 heterocycles. The molecule has 3 rings (SSSR count). The number of hydrogen-bond acceptors (Lipinski definition) is 3. The highest BCUT2D eigenvalue weighted by atomic mass is 79.9. The maximum absolute atomic E-state index is 5.81. The average molecular weight is 332 g/mol. The first-order chi connectivity index (χ1) is 9.72. The van der Waals surface area contributed by atoms with Crippen molar-refractivity contribution in [1.29, 1.82) is 0 Å². The number of hydrogen-bond donors (Lipinski definition) is 1. The van der Waals surface area contributed by atoms with Crippen LogP contribution in [0.15, 0.2) is 53.1 Å². The van der Waals surface area contributed by atoms with Crippen LogP contribution in [0.3, 0.4) is 0 Å². The number of fused-ring (bicyclic) bond motifs is 1. The predicted molar refractivity (Wildman–Crippen MR) is 83.8 cm³/mol. The first-order valence-corrected chi connectivity index (χ1v) is 7.11. The fourth-order valence-corrected chi connectivity index (χ4v) is 2.45. The lowest BCUT2D eigenvalue weighted by atomic mass is 10.2. The molecule has 0 aliphatic heterocycles. The fraction of sp³-hybridized carbons (Fsp3) is 0.133. The van der Waals surface area contributed by atoms with Gasteiger partial charge in [-0.3, -0.25) is 4.68 Å². The zero-order chi connectivity index (χ0) is 13.9. The minimum absolute atomic E-state index is 0.558. The van der Waals surface area contributed by atoms with Crippen molar-refractivity contribution in [3.8, 4) is 5.75 Å². The Kier molecular flexibility index (Phi) is 3.60. The number of nitrogens with zero attached hydrogens (tertiary/aromatic N) is 2. The molecule has 0 spiro atoms. The minimum Gasteiger partial charge on any atom is -0.492 e. The van der Waals surface area contributed by atoms with Crippen LogP contribution in [0.25, 0.3) is 10.9 Å². The number of ether oxygens (including phenoxy) is 1. The van der Waals surface area contributed by atoms with Crippen molar-refractivity contribution in [2.24, 2.45) is 0 Å². The van der Waals surface area contributed by atoms with Crippen LogP contribution < -0.4 is 10.5 Å². The highest BCUT2D eigenvalue weighted by molar-refractivity contribution is 9.10. The molecule has 2 aromatic carbocycles. The molecule has 4 nitrogen and oxygen atoms in total. The van der Waals surface area contributed by atoms with Crippen molar-refractivity contribution in [3.63, 3.8) is 0 Å². The standard InChI is InChI=1S/C15H14BrN3O/c16-12-2-1-3-14(8-12)20-7-6-19-15-9-13(17)5-4-11(15)10-18-19/h1-5,8-10H,6-7,17H2. The summed E-state index contributed by atoms with van der Waals surface area (Å²) in [4.78, 5) is 0. The Bertz CT molecular complexity index is 739. The lowest BCUT2D eigenvalue weighted by Crippen LogP contribution is -2.09. The molecule has 5 heteroatoms. The number of halogens is 1. The first-order valence-electron chi connectivity index (χ1n) is 6.32. The van der Waals surface area contributed by atoms with Crippen LogP contribution in [0.2, 0.25) is 0 Å².